The summed E-state index contributed by atoms with van der Waals surface area (Å²) in [4.78, 5) is 4.01. The Morgan fingerprint density at radius 1 is 1.36 bits per heavy atom. The summed E-state index contributed by atoms with van der Waals surface area (Å²) in [7, 11) is 0. The minimum atomic E-state index is 0.609. The van der Waals surface area contributed by atoms with E-state index in [-0.39, 0.29) is 0 Å². The van der Waals surface area contributed by atoms with Crippen molar-refractivity contribution in [3.8, 4) is 0 Å². The second kappa shape index (κ2) is 5.81. The van der Waals surface area contributed by atoms with Gasteiger partial charge in [-0.15, -0.1) is 0 Å². The van der Waals surface area contributed by atoms with Gasteiger partial charge in [0.05, 0.1) is 6.33 Å². The van der Waals surface area contributed by atoms with Crippen molar-refractivity contribution in [1.29, 1.82) is 0 Å². The van der Waals surface area contributed by atoms with E-state index in [2.05, 4.69) is 35.6 Å². The van der Waals surface area contributed by atoms with Crippen molar-refractivity contribution in [2.24, 2.45) is 5.92 Å². The molecule has 14 heavy (non-hydrogen) atoms. The summed E-state index contributed by atoms with van der Waals surface area (Å²) in [5, 5.41) is 3.51. The number of nitrogens with zero attached hydrogens (tertiary/aromatic N) is 2. The average Bonchev–Trinajstić information content (AvgIpc) is 2.64. The summed E-state index contributed by atoms with van der Waals surface area (Å²) in [6.07, 6.45) is 6.86. The molecule has 0 radical (unpaired) electrons. The van der Waals surface area contributed by atoms with Crippen molar-refractivity contribution < 1.29 is 0 Å². The molecule has 3 heteroatoms. The Balaban J connectivity index is 2.05. The van der Waals surface area contributed by atoms with Crippen LogP contribution in [0.1, 0.15) is 27.2 Å². The molecule has 0 saturated heterocycles. The minimum absolute atomic E-state index is 0.609. The van der Waals surface area contributed by atoms with Crippen molar-refractivity contribution in [2.45, 2.75) is 39.8 Å². The van der Waals surface area contributed by atoms with Crippen LogP contribution in [-0.4, -0.2) is 22.1 Å². The van der Waals surface area contributed by atoms with Crippen LogP contribution in [0, 0.1) is 5.92 Å². The third-order valence-corrected chi connectivity index (χ3v) is 2.62. The van der Waals surface area contributed by atoms with Crippen LogP contribution in [-0.2, 0) is 6.54 Å². The van der Waals surface area contributed by atoms with E-state index < -0.39 is 0 Å². The van der Waals surface area contributed by atoms with Gasteiger partial charge in [0.2, 0.25) is 0 Å². The molecule has 1 aromatic heterocycles. The number of nitrogens with one attached hydrogen (secondary N) is 1. The van der Waals surface area contributed by atoms with E-state index in [0.717, 1.165) is 19.5 Å². The van der Waals surface area contributed by atoms with Gasteiger partial charge in [0.15, 0.2) is 0 Å². The monoisotopic (exact) mass is 195 g/mol. The average molecular weight is 195 g/mol. The first-order valence-electron chi connectivity index (χ1n) is 5.39. The second-order valence-electron chi connectivity index (χ2n) is 4.14. The first-order chi connectivity index (χ1) is 6.70. The fraction of sp³-hybridized carbons (Fsp3) is 0.727. The van der Waals surface area contributed by atoms with Gasteiger partial charge < -0.3 is 9.88 Å². The lowest BCUT2D eigenvalue weighted by Crippen LogP contribution is -2.31. The van der Waals surface area contributed by atoms with Crippen LogP contribution in [0.3, 0.4) is 0 Å². The molecule has 0 aromatic carbocycles. The van der Waals surface area contributed by atoms with Crippen LogP contribution in [0.15, 0.2) is 18.7 Å². The maximum Gasteiger partial charge on any atom is 0.0945 e. The molecule has 0 spiro atoms. The number of hydrogen-bond donors (Lipinski definition) is 1. The fourth-order valence-electron chi connectivity index (χ4n) is 1.25. The number of aryl methyl sites for hydroxylation is 1. The van der Waals surface area contributed by atoms with E-state index >= 15 is 0 Å². The number of hydrogen-bond acceptors (Lipinski definition) is 2. The van der Waals surface area contributed by atoms with Gasteiger partial charge in [0.1, 0.15) is 0 Å². The molecule has 1 heterocycles. The van der Waals surface area contributed by atoms with Crippen LogP contribution in [0.5, 0.6) is 0 Å². The molecule has 0 amide bonds. The molecule has 0 saturated carbocycles. The summed E-state index contributed by atoms with van der Waals surface area (Å²) in [6, 6.07) is 0.609. The number of imidazole rings is 1. The Hall–Kier alpha value is -0.830. The Labute approximate surface area is 86.5 Å². The van der Waals surface area contributed by atoms with Crippen LogP contribution in [0.2, 0.25) is 0 Å². The summed E-state index contributed by atoms with van der Waals surface area (Å²) >= 11 is 0. The SMILES string of the molecule is CC(C)[C@H](C)NCCCn1ccnc1. The van der Waals surface area contributed by atoms with E-state index in [1.54, 1.807) is 0 Å². The van der Waals surface area contributed by atoms with Crippen molar-refractivity contribution in [1.82, 2.24) is 14.9 Å². The third kappa shape index (κ3) is 3.92. The van der Waals surface area contributed by atoms with E-state index in [1.807, 2.05) is 18.7 Å². The molecule has 1 atom stereocenters. The predicted octanol–water partition coefficient (Wildman–Crippen LogP) is 1.91. The molecule has 1 aromatic rings. The van der Waals surface area contributed by atoms with E-state index in [1.165, 1.54) is 0 Å². The first kappa shape index (κ1) is 11.2. The highest BCUT2D eigenvalue weighted by Crippen LogP contribution is 1.99. The molecule has 1 rings (SSSR count). The lowest BCUT2D eigenvalue weighted by molar-refractivity contribution is 0.417. The Kier molecular flexibility index (Phi) is 4.66. The molecule has 0 bridgehead atoms. The zero-order valence-corrected chi connectivity index (χ0v) is 9.40. The van der Waals surface area contributed by atoms with Gasteiger partial charge in [-0.05, 0) is 25.8 Å². The maximum atomic E-state index is 4.01. The van der Waals surface area contributed by atoms with Crippen molar-refractivity contribution >= 4 is 0 Å². The molecule has 3 nitrogen and oxygen atoms in total. The molecule has 0 fully saturated rings. The minimum Gasteiger partial charge on any atom is -0.337 e. The molecule has 0 unspecified atom stereocenters. The summed E-state index contributed by atoms with van der Waals surface area (Å²) in [5.74, 6) is 0.711. The lowest BCUT2D eigenvalue weighted by atomic mass is 10.1. The molecule has 1 N–H and O–H groups in total. The second-order valence-corrected chi connectivity index (χ2v) is 4.14. The quantitative estimate of drug-likeness (QED) is 0.703. The molecule has 0 aliphatic rings. The van der Waals surface area contributed by atoms with Crippen LogP contribution in [0.4, 0.5) is 0 Å². The first-order valence-corrected chi connectivity index (χ1v) is 5.39. The smallest absolute Gasteiger partial charge is 0.0945 e. The zero-order valence-electron chi connectivity index (χ0n) is 9.40. The Morgan fingerprint density at radius 3 is 2.71 bits per heavy atom. The predicted molar refractivity (Wildman–Crippen MR) is 59.1 cm³/mol. The van der Waals surface area contributed by atoms with Crippen LogP contribution < -0.4 is 5.32 Å². The zero-order chi connectivity index (χ0) is 10.4. The molecular weight excluding hydrogens is 174 g/mol. The molecular formula is C11H21N3. The summed E-state index contributed by atoms with van der Waals surface area (Å²) in [5.41, 5.74) is 0. The lowest BCUT2D eigenvalue weighted by Gasteiger charge is -2.17. The molecule has 0 aliphatic heterocycles. The van der Waals surface area contributed by atoms with Gasteiger partial charge in [-0.25, -0.2) is 4.98 Å². The highest BCUT2D eigenvalue weighted by atomic mass is 15.0. The van der Waals surface area contributed by atoms with Crippen molar-refractivity contribution in [3.05, 3.63) is 18.7 Å². The summed E-state index contributed by atoms with van der Waals surface area (Å²) < 4.78 is 2.11. The van der Waals surface area contributed by atoms with E-state index in [0.29, 0.717) is 12.0 Å². The van der Waals surface area contributed by atoms with Gasteiger partial charge in [-0.3, -0.25) is 0 Å². The standard InChI is InChI=1S/C11H21N3/c1-10(2)11(3)13-5-4-7-14-8-6-12-9-14/h6,8-11,13H,4-5,7H2,1-3H3/t11-/m0/s1. The normalized spacial score (nSPS) is 13.4. The van der Waals surface area contributed by atoms with Gasteiger partial charge in [0.25, 0.3) is 0 Å². The third-order valence-electron chi connectivity index (χ3n) is 2.62. The highest BCUT2D eigenvalue weighted by Gasteiger charge is 2.04. The van der Waals surface area contributed by atoms with Gasteiger partial charge >= 0.3 is 0 Å². The number of rotatable bonds is 6. The van der Waals surface area contributed by atoms with E-state index in [4.69, 9.17) is 0 Å². The summed E-state index contributed by atoms with van der Waals surface area (Å²) in [6.45, 7) is 8.86. The topological polar surface area (TPSA) is 29.9 Å². The van der Waals surface area contributed by atoms with Gasteiger partial charge in [0, 0.05) is 25.0 Å². The Bertz CT molecular complexity index is 229. The van der Waals surface area contributed by atoms with Crippen LogP contribution >= 0.6 is 0 Å². The largest absolute Gasteiger partial charge is 0.337 e. The maximum absolute atomic E-state index is 4.01. The van der Waals surface area contributed by atoms with Crippen LogP contribution in [0.25, 0.3) is 0 Å². The molecule has 0 aliphatic carbocycles. The van der Waals surface area contributed by atoms with Gasteiger partial charge in [-0.1, -0.05) is 13.8 Å². The van der Waals surface area contributed by atoms with Gasteiger partial charge in [-0.2, -0.15) is 0 Å². The Morgan fingerprint density at radius 2 is 2.14 bits per heavy atom. The highest BCUT2D eigenvalue weighted by molar-refractivity contribution is 4.74. The van der Waals surface area contributed by atoms with Crippen molar-refractivity contribution in [3.63, 3.8) is 0 Å². The fourth-order valence-corrected chi connectivity index (χ4v) is 1.25. The van der Waals surface area contributed by atoms with Crippen molar-refractivity contribution in [2.75, 3.05) is 6.54 Å². The molecule has 80 valence electrons. The number of aromatic nitrogens is 2. The van der Waals surface area contributed by atoms with E-state index in [9.17, 15) is 0 Å².